The van der Waals surface area contributed by atoms with Crippen LogP contribution in [0, 0.1) is 0 Å². The molecule has 0 N–H and O–H groups in total. The third-order valence-corrected chi connectivity index (χ3v) is 5.97. The Bertz CT molecular complexity index is 974. The lowest BCUT2D eigenvalue weighted by atomic mass is 10.1. The van der Waals surface area contributed by atoms with E-state index in [1.807, 2.05) is 6.92 Å². The third kappa shape index (κ3) is 2.25. The summed E-state index contributed by atoms with van der Waals surface area (Å²) in [6, 6.07) is 8.47. The number of aryl methyl sites for hydroxylation is 1. The van der Waals surface area contributed by atoms with Crippen LogP contribution in [0.15, 0.2) is 47.8 Å². The fourth-order valence-corrected chi connectivity index (χ4v) is 4.32. The molecule has 1 aliphatic rings. The van der Waals surface area contributed by atoms with Crippen LogP contribution in [0.25, 0.3) is 11.0 Å². The Kier molecular flexibility index (Phi) is 3.23. The molecule has 0 radical (unpaired) electrons. The molecule has 2 heterocycles. The molecule has 0 spiro atoms. The van der Waals surface area contributed by atoms with Crippen LogP contribution in [-0.2, 0) is 16.4 Å². The molecule has 0 atom stereocenters. The van der Waals surface area contributed by atoms with Crippen molar-refractivity contribution < 1.29 is 8.42 Å². The van der Waals surface area contributed by atoms with Crippen LogP contribution in [0.5, 0.6) is 0 Å². The van der Waals surface area contributed by atoms with Crippen molar-refractivity contribution in [1.29, 1.82) is 0 Å². The first-order valence-corrected chi connectivity index (χ1v) is 9.22. The predicted molar refractivity (Wildman–Crippen MR) is 87.9 cm³/mol. The van der Waals surface area contributed by atoms with Crippen LogP contribution in [0.3, 0.4) is 0 Å². The Labute approximate surface area is 135 Å². The smallest absolute Gasteiger partial charge is 0.240 e. The van der Waals surface area contributed by atoms with E-state index in [9.17, 15) is 8.42 Å². The van der Waals surface area contributed by atoms with Gasteiger partial charge in [-0.2, -0.15) is 0 Å². The maximum Gasteiger partial charge on any atom is 0.269 e. The van der Waals surface area contributed by atoms with Crippen LogP contribution < -0.4 is 0 Å². The van der Waals surface area contributed by atoms with E-state index in [1.54, 1.807) is 36.5 Å². The van der Waals surface area contributed by atoms with Crippen molar-refractivity contribution in [3.63, 3.8) is 0 Å². The lowest BCUT2D eigenvalue weighted by molar-refractivity contribution is 0.588. The van der Waals surface area contributed by atoms with Crippen molar-refractivity contribution in [2.24, 2.45) is 0 Å². The number of rotatable bonds is 4. The second-order valence-electron chi connectivity index (χ2n) is 5.85. The van der Waals surface area contributed by atoms with Gasteiger partial charge in [0.25, 0.3) is 10.0 Å². The molecule has 0 unspecified atom stereocenters. The molecule has 1 saturated carbocycles. The molecule has 0 bridgehead atoms. The fraction of sp³-hybridized carbons (Fsp3) is 0.294. The monoisotopic (exact) mass is 327 g/mol. The Morgan fingerprint density at radius 2 is 1.91 bits per heavy atom. The van der Waals surface area contributed by atoms with E-state index < -0.39 is 10.0 Å². The molecule has 3 aromatic rings. The van der Waals surface area contributed by atoms with Crippen molar-refractivity contribution in [2.45, 2.75) is 37.0 Å². The molecule has 23 heavy (non-hydrogen) atoms. The zero-order valence-corrected chi connectivity index (χ0v) is 13.6. The van der Waals surface area contributed by atoms with Crippen LogP contribution in [0.1, 0.15) is 36.9 Å². The summed E-state index contributed by atoms with van der Waals surface area (Å²) in [5.74, 6) is 0.445. The standard InChI is InChI=1S/C17H17N3O2S/c1-2-12-10-20(23(21,22)14-6-4-3-5-7-14)17-15(12)16(13-8-9-13)18-11-19-17/h3-7,10-11,13H,2,8-9H2,1H3. The van der Waals surface area contributed by atoms with Crippen molar-refractivity contribution in [3.05, 3.63) is 54.1 Å². The maximum atomic E-state index is 13.0. The molecule has 6 heteroatoms. The van der Waals surface area contributed by atoms with Gasteiger partial charge in [-0.25, -0.2) is 22.4 Å². The molecule has 5 nitrogen and oxygen atoms in total. The zero-order valence-electron chi connectivity index (χ0n) is 12.8. The first-order chi connectivity index (χ1) is 11.1. The molecule has 0 saturated heterocycles. The van der Waals surface area contributed by atoms with Gasteiger partial charge in [0.2, 0.25) is 0 Å². The van der Waals surface area contributed by atoms with Crippen molar-refractivity contribution >= 4 is 21.1 Å². The summed E-state index contributed by atoms with van der Waals surface area (Å²) in [5.41, 5.74) is 2.47. The molecule has 0 aliphatic heterocycles. The Morgan fingerprint density at radius 1 is 1.17 bits per heavy atom. The minimum atomic E-state index is -3.65. The molecule has 2 aromatic heterocycles. The number of fused-ring (bicyclic) bond motifs is 1. The summed E-state index contributed by atoms with van der Waals surface area (Å²) in [5, 5.41) is 0.914. The van der Waals surface area contributed by atoms with Gasteiger partial charge in [0.1, 0.15) is 6.33 Å². The highest BCUT2D eigenvalue weighted by Crippen LogP contribution is 2.43. The number of aromatic nitrogens is 3. The molecular weight excluding hydrogens is 310 g/mol. The van der Waals surface area contributed by atoms with E-state index in [-0.39, 0.29) is 4.90 Å². The van der Waals surface area contributed by atoms with Crippen molar-refractivity contribution in [1.82, 2.24) is 13.9 Å². The van der Waals surface area contributed by atoms with E-state index in [1.165, 1.54) is 10.3 Å². The lowest BCUT2D eigenvalue weighted by Crippen LogP contribution is -2.12. The number of nitrogens with zero attached hydrogens (tertiary/aromatic N) is 3. The SMILES string of the molecule is CCc1cn(S(=O)(=O)c2ccccc2)c2ncnc(C3CC3)c12. The molecule has 1 aromatic carbocycles. The maximum absolute atomic E-state index is 13.0. The first kappa shape index (κ1) is 14.4. The molecule has 4 rings (SSSR count). The van der Waals surface area contributed by atoms with Crippen LogP contribution in [0.4, 0.5) is 0 Å². The summed E-state index contributed by atoms with van der Waals surface area (Å²) in [7, 11) is -3.65. The number of benzene rings is 1. The minimum absolute atomic E-state index is 0.270. The second-order valence-corrected chi connectivity index (χ2v) is 7.67. The largest absolute Gasteiger partial charge is 0.269 e. The van der Waals surface area contributed by atoms with Crippen LogP contribution in [-0.4, -0.2) is 22.4 Å². The molecule has 118 valence electrons. The molecule has 0 amide bonds. The Balaban J connectivity index is 2.00. The van der Waals surface area contributed by atoms with Gasteiger partial charge in [-0.1, -0.05) is 25.1 Å². The van der Waals surface area contributed by atoms with Gasteiger partial charge in [-0.3, -0.25) is 0 Å². The number of hydrogen-bond acceptors (Lipinski definition) is 4. The van der Waals surface area contributed by atoms with Gasteiger partial charge < -0.3 is 0 Å². The normalized spacial score (nSPS) is 15.2. The summed E-state index contributed by atoms with van der Waals surface area (Å²) < 4.78 is 27.3. The Hall–Kier alpha value is -2.21. The van der Waals surface area contributed by atoms with E-state index in [0.29, 0.717) is 11.6 Å². The Morgan fingerprint density at radius 3 is 2.57 bits per heavy atom. The van der Waals surface area contributed by atoms with E-state index in [2.05, 4.69) is 9.97 Å². The van der Waals surface area contributed by atoms with Gasteiger partial charge in [0, 0.05) is 17.5 Å². The van der Waals surface area contributed by atoms with Crippen LogP contribution in [0.2, 0.25) is 0 Å². The molecular formula is C17H17N3O2S. The predicted octanol–water partition coefficient (Wildman–Crippen LogP) is 3.11. The highest BCUT2D eigenvalue weighted by molar-refractivity contribution is 7.90. The fourth-order valence-electron chi connectivity index (χ4n) is 2.96. The van der Waals surface area contributed by atoms with Crippen LogP contribution >= 0.6 is 0 Å². The van der Waals surface area contributed by atoms with Crippen molar-refractivity contribution in [2.75, 3.05) is 0 Å². The quantitative estimate of drug-likeness (QED) is 0.738. The highest BCUT2D eigenvalue weighted by atomic mass is 32.2. The highest BCUT2D eigenvalue weighted by Gasteiger charge is 2.30. The van der Waals surface area contributed by atoms with E-state index in [4.69, 9.17) is 0 Å². The summed E-state index contributed by atoms with van der Waals surface area (Å²) >= 11 is 0. The topological polar surface area (TPSA) is 64.8 Å². The summed E-state index contributed by atoms with van der Waals surface area (Å²) in [6.45, 7) is 2.03. The molecule has 1 aliphatic carbocycles. The molecule has 1 fully saturated rings. The van der Waals surface area contributed by atoms with Gasteiger partial charge in [-0.15, -0.1) is 0 Å². The van der Waals surface area contributed by atoms with Gasteiger partial charge >= 0.3 is 0 Å². The van der Waals surface area contributed by atoms with Gasteiger partial charge in [0.05, 0.1) is 10.6 Å². The summed E-state index contributed by atoms with van der Waals surface area (Å²) in [4.78, 5) is 8.98. The zero-order chi connectivity index (χ0) is 16.0. The minimum Gasteiger partial charge on any atom is -0.240 e. The average Bonchev–Trinajstić information content (AvgIpc) is 3.35. The lowest BCUT2D eigenvalue weighted by Gasteiger charge is -2.07. The number of hydrogen-bond donors (Lipinski definition) is 0. The van der Waals surface area contributed by atoms with E-state index >= 15 is 0 Å². The van der Waals surface area contributed by atoms with Gasteiger partial charge in [-0.05, 0) is 37.0 Å². The van der Waals surface area contributed by atoms with Crippen molar-refractivity contribution in [3.8, 4) is 0 Å². The van der Waals surface area contributed by atoms with E-state index in [0.717, 1.165) is 35.9 Å². The third-order valence-electron chi connectivity index (χ3n) is 4.30. The first-order valence-electron chi connectivity index (χ1n) is 7.78. The second kappa shape index (κ2) is 5.16. The van der Waals surface area contributed by atoms with Gasteiger partial charge in [0.15, 0.2) is 5.65 Å². The summed E-state index contributed by atoms with van der Waals surface area (Å²) in [6.07, 6.45) is 6.17. The average molecular weight is 327 g/mol.